The highest BCUT2D eigenvalue weighted by atomic mass is 35.5. The molecule has 2 N–H and O–H groups in total. The molecule has 9 nitrogen and oxygen atoms in total. The molecule has 1 amide bonds. The molecule has 1 aliphatic rings. The van der Waals surface area contributed by atoms with Crippen molar-refractivity contribution in [3.8, 4) is 21.1 Å². The number of hydrogen-bond donors (Lipinski definition) is 2. The number of H-pyrrole nitrogens is 1. The van der Waals surface area contributed by atoms with Crippen LogP contribution in [0.1, 0.15) is 43.6 Å². The predicted octanol–water partition coefficient (Wildman–Crippen LogP) is 5.15. The topological polar surface area (TPSA) is 121 Å². The number of alkyl halides is 3. The zero-order valence-electron chi connectivity index (χ0n) is 19.4. The summed E-state index contributed by atoms with van der Waals surface area (Å²) in [6.45, 7) is 3.12. The molecule has 0 radical (unpaired) electrons. The van der Waals surface area contributed by atoms with Gasteiger partial charge in [-0.3, -0.25) is 9.89 Å². The Balaban J connectivity index is 1.85. The molecule has 1 fully saturated rings. The fourth-order valence-electron chi connectivity index (χ4n) is 3.85. The van der Waals surface area contributed by atoms with Gasteiger partial charge in [0.05, 0.1) is 26.0 Å². The number of piperidine rings is 1. The van der Waals surface area contributed by atoms with E-state index in [-0.39, 0.29) is 38.1 Å². The van der Waals surface area contributed by atoms with Gasteiger partial charge in [0.25, 0.3) is 5.91 Å². The maximum absolute atomic E-state index is 13.6. The predicted molar refractivity (Wildman–Crippen MR) is 133 cm³/mol. The number of rotatable bonds is 6. The molecule has 0 bridgehead atoms. The molecule has 200 valence electrons. The minimum absolute atomic E-state index is 0.00693. The summed E-state index contributed by atoms with van der Waals surface area (Å²) in [4.78, 5) is 19.4. The summed E-state index contributed by atoms with van der Waals surface area (Å²) in [5, 5.41) is 10.1. The maximum Gasteiger partial charge on any atom is 0.404 e. The number of thiazole rings is 1. The minimum atomic E-state index is -4.80. The van der Waals surface area contributed by atoms with E-state index < -0.39 is 27.1 Å². The summed E-state index contributed by atoms with van der Waals surface area (Å²) in [6.07, 6.45) is -0.799. The van der Waals surface area contributed by atoms with Gasteiger partial charge in [0.2, 0.25) is 10.0 Å². The van der Waals surface area contributed by atoms with Crippen LogP contribution in [0.4, 0.5) is 13.2 Å². The Morgan fingerprint density at radius 3 is 2.65 bits per heavy atom. The van der Waals surface area contributed by atoms with Crippen LogP contribution in [-0.2, 0) is 10.0 Å². The first kappa shape index (κ1) is 27.8. The standard InChI is InChI=1S/C21H21Cl2F3N6O3S2/c1-10-5-3-4-6-32(10)20(33)17-18(36-19(28-17)15-9-27-31-29-15)13-7-12(8-14(22)16(13)23)37(34,35)30-11(2)21(24,25)26/h7-11,30H,3-6H2,1-2H3,(H,27,29,31)/t10-,11-/m0/s1. The van der Waals surface area contributed by atoms with Crippen molar-refractivity contribution in [2.75, 3.05) is 6.54 Å². The Bertz CT molecular complexity index is 1410. The van der Waals surface area contributed by atoms with E-state index in [4.69, 9.17) is 23.2 Å². The average Bonchev–Trinajstić information content (AvgIpc) is 3.50. The molecular weight excluding hydrogens is 576 g/mol. The molecule has 1 aromatic carbocycles. The summed E-state index contributed by atoms with van der Waals surface area (Å²) < 4.78 is 66.3. The van der Waals surface area contributed by atoms with Gasteiger partial charge in [-0.1, -0.05) is 28.4 Å². The van der Waals surface area contributed by atoms with Crippen LogP contribution >= 0.6 is 34.5 Å². The molecule has 0 spiro atoms. The van der Waals surface area contributed by atoms with Gasteiger partial charge < -0.3 is 4.90 Å². The van der Waals surface area contributed by atoms with Crippen molar-refractivity contribution in [3.63, 3.8) is 0 Å². The van der Waals surface area contributed by atoms with Crippen molar-refractivity contribution in [2.24, 2.45) is 0 Å². The van der Waals surface area contributed by atoms with E-state index in [2.05, 4.69) is 20.4 Å². The van der Waals surface area contributed by atoms with Crippen molar-refractivity contribution < 1.29 is 26.4 Å². The number of benzene rings is 1. The summed E-state index contributed by atoms with van der Waals surface area (Å²) in [5.74, 6) is -0.388. The van der Waals surface area contributed by atoms with Gasteiger partial charge in [-0.2, -0.15) is 17.9 Å². The van der Waals surface area contributed by atoms with Crippen molar-refractivity contribution in [1.82, 2.24) is 30.0 Å². The van der Waals surface area contributed by atoms with Crippen molar-refractivity contribution in [1.29, 1.82) is 0 Å². The third-order valence-corrected chi connectivity index (χ3v) is 9.36. The van der Waals surface area contributed by atoms with E-state index in [1.54, 1.807) is 9.62 Å². The van der Waals surface area contributed by atoms with Gasteiger partial charge in [-0.15, -0.1) is 16.4 Å². The van der Waals surface area contributed by atoms with E-state index in [9.17, 15) is 26.4 Å². The maximum atomic E-state index is 13.6. The smallest absolute Gasteiger partial charge is 0.335 e. The Morgan fingerprint density at radius 2 is 2.03 bits per heavy atom. The van der Waals surface area contributed by atoms with Gasteiger partial charge in [0, 0.05) is 18.2 Å². The molecule has 0 saturated carbocycles. The van der Waals surface area contributed by atoms with E-state index >= 15 is 0 Å². The number of nitrogens with zero attached hydrogens (tertiary/aromatic N) is 4. The lowest BCUT2D eigenvalue weighted by atomic mass is 10.0. The fraction of sp³-hybridized carbons (Fsp3) is 0.429. The number of carbonyl (C=O) groups excluding carboxylic acids is 1. The number of sulfonamides is 1. The van der Waals surface area contributed by atoms with E-state index in [0.717, 1.165) is 42.7 Å². The van der Waals surface area contributed by atoms with Gasteiger partial charge in [-0.05, 0) is 45.2 Å². The first-order chi connectivity index (χ1) is 17.3. The molecule has 1 aliphatic heterocycles. The molecule has 0 unspecified atom stereocenters. The number of aromatic amines is 1. The minimum Gasteiger partial charge on any atom is -0.335 e. The van der Waals surface area contributed by atoms with Gasteiger partial charge in [-0.25, -0.2) is 13.4 Å². The molecule has 16 heteroatoms. The third kappa shape index (κ3) is 5.77. The second kappa shape index (κ2) is 10.5. The van der Waals surface area contributed by atoms with Crippen molar-refractivity contribution in [3.05, 3.63) is 34.1 Å². The zero-order valence-corrected chi connectivity index (χ0v) is 22.6. The summed E-state index contributed by atoms with van der Waals surface area (Å²) in [5.41, 5.74) is 0.453. The van der Waals surface area contributed by atoms with E-state index in [1.165, 1.54) is 6.20 Å². The van der Waals surface area contributed by atoms with Crippen LogP contribution in [0.15, 0.2) is 23.2 Å². The number of likely N-dealkylation sites (tertiary alicyclic amines) is 1. The van der Waals surface area contributed by atoms with Crippen molar-refractivity contribution in [2.45, 2.75) is 56.3 Å². The molecule has 3 aromatic rings. The highest BCUT2D eigenvalue weighted by Gasteiger charge is 2.39. The molecule has 4 rings (SSSR count). The second-order valence-corrected chi connectivity index (χ2v) is 12.1. The van der Waals surface area contributed by atoms with Crippen LogP contribution in [0.25, 0.3) is 21.1 Å². The highest BCUT2D eigenvalue weighted by Crippen LogP contribution is 2.43. The molecular formula is C21H21Cl2F3N6O3S2. The Morgan fingerprint density at radius 1 is 1.30 bits per heavy atom. The van der Waals surface area contributed by atoms with Crippen molar-refractivity contribution >= 4 is 50.5 Å². The number of aromatic nitrogens is 4. The lowest BCUT2D eigenvalue weighted by Gasteiger charge is -2.33. The number of amides is 1. The van der Waals surface area contributed by atoms with Crippen LogP contribution in [0.3, 0.4) is 0 Å². The first-order valence-corrected chi connectivity index (χ1v) is 14.1. The molecule has 2 atom stereocenters. The molecule has 1 saturated heterocycles. The third-order valence-electron chi connectivity index (χ3n) is 5.92. The van der Waals surface area contributed by atoms with Crippen LogP contribution in [0, 0.1) is 0 Å². The van der Waals surface area contributed by atoms with Crippen LogP contribution in [0.5, 0.6) is 0 Å². The first-order valence-electron chi connectivity index (χ1n) is 11.1. The van der Waals surface area contributed by atoms with Gasteiger partial charge in [0.15, 0.2) is 0 Å². The SMILES string of the molecule is C[C@H](NS(=O)(=O)c1cc(Cl)c(Cl)c(-c2sc(-c3cnn[nH]3)nc2C(=O)N2CCCC[C@@H]2C)c1)C(F)(F)F. The fourth-order valence-corrected chi connectivity index (χ4v) is 6.72. The second-order valence-electron chi connectivity index (χ2n) is 8.56. The summed E-state index contributed by atoms with van der Waals surface area (Å²) in [7, 11) is -4.66. The monoisotopic (exact) mass is 596 g/mol. The zero-order chi connectivity index (χ0) is 27.1. The molecule has 2 aromatic heterocycles. The quantitative estimate of drug-likeness (QED) is 0.406. The number of halogens is 5. The van der Waals surface area contributed by atoms with Gasteiger partial charge in [0.1, 0.15) is 22.4 Å². The number of carbonyl (C=O) groups is 1. The Hall–Kier alpha value is -2.26. The molecule has 37 heavy (non-hydrogen) atoms. The normalized spacial score (nSPS) is 17.7. The summed E-state index contributed by atoms with van der Waals surface area (Å²) in [6, 6.07) is -0.366. The number of nitrogens with one attached hydrogen (secondary N) is 2. The lowest BCUT2D eigenvalue weighted by molar-refractivity contribution is -0.147. The van der Waals surface area contributed by atoms with Crippen LogP contribution < -0.4 is 4.72 Å². The number of hydrogen-bond acceptors (Lipinski definition) is 7. The Labute approximate surface area is 224 Å². The Kier molecular flexibility index (Phi) is 7.87. The van der Waals surface area contributed by atoms with Crippen LogP contribution in [-0.4, -0.2) is 64.4 Å². The molecule has 0 aliphatic carbocycles. The van der Waals surface area contributed by atoms with Crippen LogP contribution in [0.2, 0.25) is 10.0 Å². The lowest BCUT2D eigenvalue weighted by Crippen LogP contribution is -2.43. The van der Waals surface area contributed by atoms with E-state index in [0.29, 0.717) is 24.2 Å². The molecule has 3 heterocycles. The average molecular weight is 597 g/mol. The highest BCUT2D eigenvalue weighted by molar-refractivity contribution is 7.89. The summed E-state index contributed by atoms with van der Waals surface area (Å²) >= 11 is 13.7. The van der Waals surface area contributed by atoms with E-state index in [1.807, 2.05) is 6.92 Å². The van der Waals surface area contributed by atoms with Gasteiger partial charge >= 0.3 is 6.18 Å². The largest absolute Gasteiger partial charge is 0.404 e.